The molecule has 0 amide bonds. The summed E-state index contributed by atoms with van der Waals surface area (Å²) in [5, 5.41) is 4.12. The van der Waals surface area contributed by atoms with Crippen molar-refractivity contribution in [2.75, 3.05) is 32.2 Å². The summed E-state index contributed by atoms with van der Waals surface area (Å²) in [7, 11) is 1.63. The first kappa shape index (κ1) is 26.7. The highest BCUT2D eigenvalue weighted by molar-refractivity contribution is 5.93. The molecule has 4 rings (SSSR count). The Hall–Kier alpha value is -3.51. The van der Waals surface area contributed by atoms with E-state index in [1.54, 1.807) is 19.6 Å². The molecule has 4 aromatic rings. The van der Waals surface area contributed by atoms with Crippen LogP contribution in [0.2, 0.25) is 0 Å². The highest BCUT2D eigenvalue weighted by atomic mass is 35.5. The fraction of sp³-hybridized carbons (Fsp3) is 0.208. The van der Waals surface area contributed by atoms with Crippen LogP contribution in [0.4, 0.5) is 11.5 Å². The van der Waals surface area contributed by atoms with Gasteiger partial charge >= 0.3 is 0 Å². The van der Waals surface area contributed by atoms with Crippen LogP contribution in [0.3, 0.4) is 0 Å². The monoisotopic (exact) mass is 501 g/mol. The van der Waals surface area contributed by atoms with Crippen molar-refractivity contribution in [2.24, 2.45) is 0 Å². The first-order valence-corrected chi connectivity index (χ1v) is 10.1. The third-order valence-corrected chi connectivity index (χ3v) is 4.70. The molecule has 1 N–H and O–H groups in total. The van der Waals surface area contributed by atoms with Gasteiger partial charge in [0.2, 0.25) is 0 Å². The maximum atomic E-state index is 6.07. The number of fused-ring (bicyclic) bond motifs is 1. The lowest BCUT2D eigenvalue weighted by Crippen LogP contribution is -2.09. The minimum atomic E-state index is 0. The van der Waals surface area contributed by atoms with Gasteiger partial charge < -0.3 is 24.1 Å². The predicted octanol–water partition coefficient (Wildman–Crippen LogP) is 4.50. The fourth-order valence-corrected chi connectivity index (χ4v) is 3.13. The second-order valence-corrected chi connectivity index (χ2v) is 6.88. The van der Waals surface area contributed by atoms with Crippen LogP contribution in [-0.2, 0) is 11.3 Å². The number of aromatic nitrogens is 4. The Kier molecular flexibility index (Phi) is 10.4. The van der Waals surface area contributed by atoms with E-state index < -0.39 is 0 Å². The van der Waals surface area contributed by atoms with Crippen LogP contribution in [0.15, 0.2) is 61.4 Å². The molecule has 8 nitrogen and oxygen atoms in total. The van der Waals surface area contributed by atoms with E-state index in [1.165, 1.54) is 6.33 Å². The normalized spacial score (nSPS) is 10.0. The Morgan fingerprint density at radius 1 is 1.03 bits per heavy atom. The SMILES string of the molecule is C#Cc1cccc(Nc2ncnc3cc(OCCOC)c(OCCn4ccnc4)cc23)c1.Cl.Cl. The van der Waals surface area contributed by atoms with Crippen LogP contribution in [0.25, 0.3) is 10.9 Å². The number of nitrogens with zero attached hydrogens (tertiary/aromatic N) is 4. The molecule has 10 heteroatoms. The van der Waals surface area contributed by atoms with E-state index in [0.29, 0.717) is 43.7 Å². The zero-order valence-electron chi connectivity index (χ0n) is 18.5. The number of methoxy groups -OCH3 is 1. The third kappa shape index (κ3) is 6.75. The number of terminal acetylenes is 1. The van der Waals surface area contributed by atoms with Crippen molar-refractivity contribution >= 4 is 47.2 Å². The lowest BCUT2D eigenvalue weighted by Gasteiger charge is -2.15. The average Bonchev–Trinajstić information content (AvgIpc) is 3.33. The molecular weight excluding hydrogens is 477 g/mol. The maximum Gasteiger partial charge on any atom is 0.163 e. The van der Waals surface area contributed by atoms with E-state index in [2.05, 4.69) is 26.2 Å². The first-order valence-electron chi connectivity index (χ1n) is 10.1. The Bertz CT molecular complexity index is 1230. The lowest BCUT2D eigenvalue weighted by molar-refractivity contribution is 0.143. The topological polar surface area (TPSA) is 83.3 Å². The van der Waals surface area contributed by atoms with E-state index >= 15 is 0 Å². The summed E-state index contributed by atoms with van der Waals surface area (Å²) in [6.45, 7) is 1.97. The molecule has 0 aliphatic carbocycles. The number of nitrogens with one attached hydrogen (secondary N) is 1. The van der Waals surface area contributed by atoms with Crippen LogP contribution < -0.4 is 14.8 Å². The molecular formula is C24H25Cl2N5O3. The van der Waals surface area contributed by atoms with E-state index in [1.807, 2.05) is 47.2 Å². The van der Waals surface area contributed by atoms with Gasteiger partial charge in [-0.1, -0.05) is 12.0 Å². The Morgan fingerprint density at radius 3 is 2.62 bits per heavy atom. The summed E-state index contributed by atoms with van der Waals surface area (Å²) in [4.78, 5) is 12.9. The molecule has 34 heavy (non-hydrogen) atoms. The first-order chi connectivity index (χ1) is 15.8. The molecule has 2 aromatic carbocycles. The third-order valence-electron chi connectivity index (χ3n) is 4.70. The minimum Gasteiger partial charge on any atom is -0.488 e. The number of anilines is 2. The van der Waals surface area contributed by atoms with Gasteiger partial charge in [-0.05, 0) is 24.3 Å². The van der Waals surface area contributed by atoms with Gasteiger partial charge in [0.1, 0.15) is 25.4 Å². The van der Waals surface area contributed by atoms with Crippen molar-refractivity contribution in [3.05, 3.63) is 67.0 Å². The summed E-state index contributed by atoms with van der Waals surface area (Å²) >= 11 is 0. The molecule has 178 valence electrons. The molecule has 0 radical (unpaired) electrons. The maximum absolute atomic E-state index is 6.07. The van der Waals surface area contributed by atoms with Crippen LogP contribution in [0.5, 0.6) is 11.5 Å². The van der Waals surface area contributed by atoms with Crippen molar-refractivity contribution in [1.29, 1.82) is 0 Å². The molecule has 0 spiro atoms. The van der Waals surface area contributed by atoms with Crippen molar-refractivity contribution in [1.82, 2.24) is 19.5 Å². The summed E-state index contributed by atoms with van der Waals surface area (Å²) < 4.78 is 19.0. The average molecular weight is 502 g/mol. The molecule has 2 aromatic heterocycles. The van der Waals surface area contributed by atoms with Crippen molar-refractivity contribution in [3.8, 4) is 23.8 Å². The molecule has 0 fully saturated rings. The number of hydrogen-bond donors (Lipinski definition) is 1. The van der Waals surface area contributed by atoms with E-state index in [0.717, 1.165) is 22.2 Å². The second-order valence-electron chi connectivity index (χ2n) is 6.88. The zero-order valence-corrected chi connectivity index (χ0v) is 20.1. The van der Waals surface area contributed by atoms with Gasteiger partial charge in [0.05, 0.1) is 25.0 Å². The predicted molar refractivity (Wildman–Crippen MR) is 137 cm³/mol. The molecule has 0 saturated heterocycles. The Morgan fingerprint density at radius 2 is 1.85 bits per heavy atom. The Balaban J connectivity index is 0.00000204. The van der Waals surface area contributed by atoms with Crippen LogP contribution >= 0.6 is 24.8 Å². The summed E-state index contributed by atoms with van der Waals surface area (Å²) in [5.74, 6) is 4.48. The number of benzene rings is 2. The summed E-state index contributed by atoms with van der Waals surface area (Å²) in [6.07, 6.45) is 12.4. The molecule has 0 atom stereocenters. The van der Waals surface area contributed by atoms with E-state index in [-0.39, 0.29) is 24.8 Å². The van der Waals surface area contributed by atoms with Gasteiger partial charge in [-0.25, -0.2) is 15.0 Å². The summed E-state index contributed by atoms with van der Waals surface area (Å²) in [5.41, 5.74) is 2.35. The van der Waals surface area contributed by atoms with Crippen LogP contribution in [-0.4, -0.2) is 46.4 Å². The zero-order chi connectivity index (χ0) is 22.2. The number of rotatable bonds is 10. The van der Waals surface area contributed by atoms with Crippen molar-refractivity contribution in [2.45, 2.75) is 6.54 Å². The van der Waals surface area contributed by atoms with E-state index in [9.17, 15) is 0 Å². The number of ether oxygens (including phenoxy) is 3. The minimum absolute atomic E-state index is 0. The van der Waals surface area contributed by atoms with Gasteiger partial charge in [0.15, 0.2) is 11.5 Å². The summed E-state index contributed by atoms with van der Waals surface area (Å²) in [6, 6.07) is 11.3. The largest absolute Gasteiger partial charge is 0.488 e. The molecule has 2 heterocycles. The quantitative estimate of drug-likeness (QED) is 0.253. The highest BCUT2D eigenvalue weighted by Gasteiger charge is 2.13. The second kappa shape index (κ2) is 13.3. The molecule has 0 aliphatic heterocycles. The number of imidazole rings is 1. The Labute approximate surface area is 210 Å². The molecule has 0 saturated carbocycles. The van der Waals surface area contributed by atoms with Crippen LogP contribution in [0, 0.1) is 12.3 Å². The fourth-order valence-electron chi connectivity index (χ4n) is 3.13. The smallest absolute Gasteiger partial charge is 0.163 e. The van der Waals surface area contributed by atoms with Crippen LogP contribution in [0.1, 0.15) is 5.56 Å². The molecule has 0 aliphatic rings. The van der Waals surface area contributed by atoms with E-state index in [4.69, 9.17) is 20.6 Å². The van der Waals surface area contributed by atoms with Gasteiger partial charge in [0.25, 0.3) is 0 Å². The molecule has 0 bridgehead atoms. The van der Waals surface area contributed by atoms with Gasteiger partial charge in [-0.2, -0.15) is 0 Å². The van der Waals surface area contributed by atoms with Crippen molar-refractivity contribution < 1.29 is 14.2 Å². The number of halogens is 2. The molecule has 0 unspecified atom stereocenters. The lowest BCUT2D eigenvalue weighted by atomic mass is 10.2. The van der Waals surface area contributed by atoms with Gasteiger partial charge in [-0.3, -0.25) is 0 Å². The van der Waals surface area contributed by atoms with Crippen molar-refractivity contribution in [3.63, 3.8) is 0 Å². The highest BCUT2D eigenvalue weighted by Crippen LogP contribution is 2.35. The van der Waals surface area contributed by atoms with Gasteiger partial charge in [0, 0.05) is 42.2 Å². The standard InChI is InChI=1S/C24H23N5O3.2ClH/c1-3-18-5-4-6-19(13-18)28-24-20-14-22(31-10-9-29-8-7-25-17-29)23(32-12-11-30-2)15-21(20)26-16-27-24;;/h1,4-8,13-17H,9-12H2,2H3,(H,26,27,28);2*1H. The van der Waals surface area contributed by atoms with Gasteiger partial charge in [-0.15, -0.1) is 31.2 Å². The number of hydrogen-bond acceptors (Lipinski definition) is 7.